The molecule has 0 amide bonds. The summed E-state index contributed by atoms with van der Waals surface area (Å²) in [6, 6.07) is 2.56. The molecule has 2 rings (SSSR count). The fourth-order valence-corrected chi connectivity index (χ4v) is 1.32. The van der Waals surface area contributed by atoms with Crippen molar-refractivity contribution >= 4 is 0 Å². The Labute approximate surface area is 78.7 Å². The van der Waals surface area contributed by atoms with Crippen LogP contribution in [0.4, 0.5) is 0 Å². The highest BCUT2D eigenvalue weighted by Crippen LogP contribution is 2.22. The Balaban J connectivity index is 2.17. The van der Waals surface area contributed by atoms with Crippen LogP contribution in [0.15, 0.2) is 12.3 Å². The van der Waals surface area contributed by atoms with Gasteiger partial charge in [-0.1, -0.05) is 20.8 Å². The Morgan fingerprint density at radius 1 is 1.46 bits per heavy atom. The maximum Gasteiger partial charge on any atom is 0.0985 e. The third-order valence-corrected chi connectivity index (χ3v) is 2.37. The monoisotopic (exact) mass is 180 g/mol. The van der Waals surface area contributed by atoms with E-state index >= 15 is 0 Å². The third kappa shape index (κ3) is 1.61. The van der Waals surface area contributed by atoms with Gasteiger partial charge in [-0.15, -0.1) is 0 Å². The van der Waals surface area contributed by atoms with Crippen LogP contribution in [-0.2, 0) is 10.2 Å². The first-order valence-corrected chi connectivity index (χ1v) is 4.71. The van der Waals surface area contributed by atoms with Gasteiger partial charge < -0.3 is 4.74 Å². The van der Waals surface area contributed by atoms with Crippen molar-refractivity contribution in [2.24, 2.45) is 0 Å². The van der Waals surface area contributed by atoms with E-state index in [2.05, 4.69) is 31.9 Å². The van der Waals surface area contributed by atoms with Gasteiger partial charge in [-0.3, -0.25) is 4.68 Å². The number of hydrogen-bond acceptors (Lipinski definition) is 2. The largest absolute Gasteiger partial charge is 0.377 e. The summed E-state index contributed by atoms with van der Waals surface area (Å²) in [5.41, 5.74) is 1.30. The fourth-order valence-electron chi connectivity index (χ4n) is 1.32. The van der Waals surface area contributed by atoms with Crippen LogP contribution in [0, 0.1) is 0 Å². The van der Waals surface area contributed by atoms with Crippen LogP contribution in [0.5, 0.6) is 0 Å². The molecule has 1 aliphatic rings. The first-order valence-electron chi connectivity index (χ1n) is 4.71. The Morgan fingerprint density at radius 2 is 2.15 bits per heavy atom. The lowest BCUT2D eigenvalue weighted by molar-refractivity contribution is -0.0289. The summed E-state index contributed by atoms with van der Waals surface area (Å²) in [6.07, 6.45) is 2.05. The minimum absolute atomic E-state index is 0.149. The Kier molecular flexibility index (Phi) is 1.91. The second-order valence-corrected chi connectivity index (χ2v) is 4.62. The number of rotatable bonds is 1. The van der Waals surface area contributed by atoms with Crippen LogP contribution in [0.3, 0.4) is 0 Å². The zero-order valence-corrected chi connectivity index (χ0v) is 8.45. The van der Waals surface area contributed by atoms with Crippen LogP contribution < -0.4 is 0 Å². The Morgan fingerprint density at radius 3 is 2.54 bits per heavy atom. The SMILES string of the molecule is CC(C)(C)c1ccn(C2COC2)n1. The van der Waals surface area contributed by atoms with E-state index in [1.165, 1.54) is 0 Å². The van der Waals surface area contributed by atoms with E-state index in [9.17, 15) is 0 Å². The van der Waals surface area contributed by atoms with Gasteiger partial charge in [0.25, 0.3) is 0 Å². The van der Waals surface area contributed by atoms with Crippen molar-refractivity contribution in [2.45, 2.75) is 32.2 Å². The van der Waals surface area contributed by atoms with Crippen LogP contribution in [0.25, 0.3) is 0 Å². The van der Waals surface area contributed by atoms with E-state index < -0.39 is 0 Å². The average Bonchev–Trinajstić information content (AvgIpc) is 2.29. The van der Waals surface area contributed by atoms with Crippen LogP contribution in [0.1, 0.15) is 32.5 Å². The fraction of sp³-hybridized carbons (Fsp3) is 0.700. The molecular weight excluding hydrogens is 164 g/mol. The van der Waals surface area contributed by atoms with Gasteiger partial charge in [-0.25, -0.2) is 0 Å². The summed E-state index contributed by atoms with van der Waals surface area (Å²) in [5.74, 6) is 0. The summed E-state index contributed by atoms with van der Waals surface area (Å²) in [4.78, 5) is 0. The summed E-state index contributed by atoms with van der Waals surface area (Å²) in [7, 11) is 0. The van der Waals surface area contributed by atoms with Crippen molar-refractivity contribution in [2.75, 3.05) is 13.2 Å². The number of hydrogen-bond donors (Lipinski definition) is 0. The normalized spacial score (nSPS) is 18.7. The lowest BCUT2D eigenvalue weighted by atomic mass is 9.93. The molecule has 0 unspecified atom stereocenters. The van der Waals surface area contributed by atoms with Gasteiger partial charge in [-0.2, -0.15) is 5.10 Å². The molecule has 0 bridgehead atoms. The zero-order chi connectivity index (χ0) is 9.47. The lowest BCUT2D eigenvalue weighted by Gasteiger charge is -2.26. The van der Waals surface area contributed by atoms with Gasteiger partial charge >= 0.3 is 0 Å². The molecule has 0 atom stereocenters. The molecule has 72 valence electrons. The van der Waals surface area contributed by atoms with Crippen LogP contribution in [-0.4, -0.2) is 23.0 Å². The second kappa shape index (κ2) is 2.84. The van der Waals surface area contributed by atoms with Crippen molar-refractivity contribution < 1.29 is 4.74 Å². The maximum absolute atomic E-state index is 5.12. The molecule has 1 aliphatic heterocycles. The van der Waals surface area contributed by atoms with Crippen molar-refractivity contribution in [3.05, 3.63) is 18.0 Å². The topological polar surface area (TPSA) is 27.1 Å². The summed E-state index contributed by atoms with van der Waals surface area (Å²) >= 11 is 0. The highest BCUT2D eigenvalue weighted by atomic mass is 16.5. The molecule has 2 heterocycles. The molecule has 3 nitrogen and oxygen atoms in total. The van der Waals surface area contributed by atoms with E-state index in [4.69, 9.17) is 4.74 Å². The van der Waals surface area contributed by atoms with Gasteiger partial charge in [0.15, 0.2) is 0 Å². The average molecular weight is 180 g/mol. The van der Waals surface area contributed by atoms with E-state index in [0.29, 0.717) is 6.04 Å². The first kappa shape index (κ1) is 8.75. The molecule has 1 saturated heterocycles. The highest BCUT2D eigenvalue weighted by molar-refractivity contribution is 5.10. The third-order valence-electron chi connectivity index (χ3n) is 2.37. The molecule has 0 spiro atoms. The molecule has 13 heavy (non-hydrogen) atoms. The van der Waals surface area contributed by atoms with Crippen molar-refractivity contribution in [3.8, 4) is 0 Å². The van der Waals surface area contributed by atoms with Gasteiger partial charge in [0.05, 0.1) is 24.9 Å². The molecule has 0 radical (unpaired) electrons. The van der Waals surface area contributed by atoms with Gasteiger partial charge in [0.2, 0.25) is 0 Å². The standard InChI is InChI=1S/C10H16N2O/c1-10(2,3)9-4-5-12(11-9)8-6-13-7-8/h4-5,8H,6-7H2,1-3H3. The molecule has 1 aromatic rings. The lowest BCUT2D eigenvalue weighted by Crippen LogP contribution is -2.31. The predicted octanol–water partition coefficient (Wildman–Crippen LogP) is 1.75. The molecule has 1 fully saturated rings. The summed E-state index contributed by atoms with van der Waals surface area (Å²) in [5, 5.41) is 4.54. The quantitative estimate of drug-likeness (QED) is 0.658. The van der Waals surface area contributed by atoms with E-state index in [1.54, 1.807) is 0 Å². The van der Waals surface area contributed by atoms with Gasteiger partial charge in [-0.05, 0) is 6.07 Å². The van der Waals surface area contributed by atoms with Crippen LogP contribution in [0.2, 0.25) is 0 Å². The predicted molar refractivity (Wildman–Crippen MR) is 50.8 cm³/mol. The van der Waals surface area contributed by atoms with E-state index in [1.807, 2.05) is 10.9 Å². The minimum atomic E-state index is 0.149. The van der Waals surface area contributed by atoms with E-state index in [0.717, 1.165) is 18.9 Å². The van der Waals surface area contributed by atoms with Crippen molar-refractivity contribution in [3.63, 3.8) is 0 Å². The molecule has 0 N–H and O–H groups in total. The molecule has 1 aromatic heterocycles. The molecule has 0 saturated carbocycles. The molecule has 0 aromatic carbocycles. The van der Waals surface area contributed by atoms with Crippen molar-refractivity contribution in [1.82, 2.24) is 9.78 Å². The summed E-state index contributed by atoms with van der Waals surface area (Å²) in [6.45, 7) is 8.15. The van der Waals surface area contributed by atoms with Gasteiger partial charge in [0, 0.05) is 11.6 Å². The Hall–Kier alpha value is -0.830. The van der Waals surface area contributed by atoms with Gasteiger partial charge in [0.1, 0.15) is 0 Å². The molecular formula is C10H16N2O. The maximum atomic E-state index is 5.12. The number of ether oxygens (including phenoxy) is 1. The highest BCUT2D eigenvalue weighted by Gasteiger charge is 2.23. The smallest absolute Gasteiger partial charge is 0.0985 e. The van der Waals surface area contributed by atoms with E-state index in [-0.39, 0.29) is 5.41 Å². The number of aromatic nitrogens is 2. The Bertz CT molecular complexity index is 294. The zero-order valence-electron chi connectivity index (χ0n) is 8.45. The summed E-state index contributed by atoms with van der Waals surface area (Å²) < 4.78 is 7.14. The second-order valence-electron chi connectivity index (χ2n) is 4.62. The van der Waals surface area contributed by atoms with Crippen molar-refractivity contribution in [1.29, 1.82) is 0 Å². The molecule has 0 aliphatic carbocycles. The first-order chi connectivity index (χ1) is 6.07. The number of nitrogens with zero attached hydrogens (tertiary/aromatic N) is 2. The molecule has 3 heteroatoms. The van der Waals surface area contributed by atoms with Crippen LogP contribution >= 0.6 is 0 Å². The minimum Gasteiger partial charge on any atom is -0.377 e.